The molecule has 1 aromatic rings. The summed E-state index contributed by atoms with van der Waals surface area (Å²) in [5.74, 6) is -1.14. The van der Waals surface area contributed by atoms with Gasteiger partial charge in [-0.25, -0.2) is 4.79 Å². The van der Waals surface area contributed by atoms with Gasteiger partial charge >= 0.3 is 12.6 Å². The Morgan fingerprint density at radius 3 is 2.32 bits per heavy atom. The van der Waals surface area contributed by atoms with Crippen LogP contribution in [-0.4, -0.2) is 18.5 Å². The standard InChI is InChI=1S/C15H17F2NO4/c1-15(8-2-3-9-15)13(20)22-18-12(19)10-4-6-11(7-5-10)21-14(16)17/h4-7,14H,2-3,8-9H2,1H3,(H,18,19). The number of benzene rings is 1. The van der Waals surface area contributed by atoms with Gasteiger partial charge in [-0.3, -0.25) is 4.79 Å². The number of carbonyl (C=O) groups is 2. The molecule has 1 amide bonds. The average Bonchev–Trinajstić information content (AvgIpc) is 2.92. The second kappa shape index (κ2) is 6.72. The summed E-state index contributed by atoms with van der Waals surface area (Å²) in [5.41, 5.74) is 1.70. The van der Waals surface area contributed by atoms with Crippen LogP contribution in [0.15, 0.2) is 24.3 Å². The molecular formula is C15H17F2NO4. The molecule has 0 aliphatic heterocycles. The maximum Gasteiger partial charge on any atom is 0.387 e. The molecule has 1 fully saturated rings. The van der Waals surface area contributed by atoms with Crippen LogP contribution in [0.4, 0.5) is 8.78 Å². The van der Waals surface area contributed by atoms with Crippen molar-refractivity contribution in [1.29, 1.82) is 0 Å². The van der Waals surface area contributed by atoms with E-state index in [1.54, 1.807) is 0 Å². The predicted molar refractivity (Wildman–Crippen MR) is 73.2 cm³/mol. The van der Waals surface area contributed by atoms with E-state index in [-0.39, 0.29) is 11.3 Å². The van der Waals surface area contributed by atoms with Crippen LogP contribution in [0, 0.1) is 5.41 Å². The maximum absolute atomic E-state index is 12.0. The summed E-state index contributed by atoms with van der Waals surface area (Å²) in [6.07, 6.45) is 3.40. The Morgan fingerprint density at radius 2 is 1.77 bits per heavy atom. The third-order valence-electron chi connectivity index (χ3n) is 3.78. The van der Waals surface area contributed by atoms with Crippen LogP contribution >= 0.6 is 0 Å². The molecule has 0 radical (unpaired) electrons. The number of rotatable bonds is 4. The molecular weight excluding hydrogens is 296 g/mol. The molecule has 1 saturated carbocycles. The molecule has 1 N–H and O–H groups in total. The fraction of sp³-hybridized carbons (Fsp3) is 0.467. The molecule has 0 aromatic heterocycles. The van der Waals surface area contributed by atoms with Crippen molar-refractivity contribution in [2.75, 3.05) is 0 Å². The van der Waals surface area contributed by atoms with Crippen LogP contribution < -0.4 is 10.2 Å². The van der Waals surface area contributed by atoms with E-state index in [0.717, 1.165) is 25.7 Å². The third-order valence-corrected chi connectivity index (χ3v) is 3.78. The molecule has 5 nitrogen and oxygen atoms in total. The van der Waals surface area contributed by atoms with Crippen LogP contribution in [0.25, 0.3) is 0 Å². The molecule has 2 rings (SSSR count). The van der Waals surface area contributed by atoms with Crippen molar-refractivity contribution >= 4 is 11.9 Å². The summed E-state index contributed by atoms with van der Waals surface area (Å²) >= 11 is 0. The molecule has 22 heavy (non-hydrogen) atoms. The van der Waals surface area contributed by atoms with Gasteiger partial charge in [-0.2, -0.15) is 14.3 Å². The number of ether oxygens (including phenoxy) is 1. The number of amides is 1. The summed E-state index contributed by atoms with van der Waals surface area (Å²) in [6.45, 7) is -1.11. The first-order chi connectivity index (χ1) is 10.4. The minimum atomic E-state index is -2.92. The lowest BCUT2D eigenvalue weighted by molar-refractivity contribution is -0.160. The van der Waals surface area contributed by atoms with E-state index in [9.17, 15) is 18.4 Å². The van der Waals surface area contributed by atoms with Crippen LogP contribution in [0.5, 0.6) is 5.75 Å². The van der Waals surface area contributed by atoms with E-state index in [0.29, 0.717) is 0 Å². The molecule has 0 heterocycles. The molecule has 0 bridgehead atoms. The summed E-state index contributed by atoms with van der Waals surface area (Å²) in [7, 11) is 0. The molecule has 0 spiro atoms. The highest BCUT2D eigenvalue weighted by atomic mass is 19.3. The zero-order chi connectivity index (χ0) is 16.2. The Balaban J connectivity index is 1.88. The van der Waals surface area contributed by atoms with Crippen molar-refractivity contribution < 1.29 is 27.9 Å². The summed E-state index contributed by atoms with van der Waals surface area (Å²) < 4.78 is 28.2. The van der Waals surface area contributed by atoms with E-state index in [4.69, 9.17) is 4.84 Å². The zero-order valence-electron chi connectivity index (χ0n) is 12.1. The summed E-state index contributed by atoms with van der Waals surface area (Å²) in [4.78, 5) is 28.6. The maximum atomic E-state index is 12.0. The summed E-state index contributed by atoms with van der Waals surface area (Å²) in [5, 5.41) is 0. The monoisotopic (exact) mass is 313 g/mol. The fourth-order valence-electron chi connectivity index (χ4n) is 2.42. The molecule has 1 aliphatic rings. The van der Waals surface area contributed by atoms with Crippen molar-refractivity contribution in [1.82, 2.24) is 5.48 Å². The van der Waals surface area contributed by atoms with E-state index in [2.05, 4.69) is 10.2 Å². The fourth-order valence-corrected chi connectivity index (χ4v) is 2.42. The van der Waals surface area contributed by atoms with Crippen LogP contribution in [0.2, 0.25) is 0 Å². The number of alkyl halides is 2. The molecule has 1 aliphatic carbocycles. The van der Waals surface area contributed by atoms with E-state index in [1.165, 1.54) is 24.3 Å². The minimum absolute atomic E-state index is 0.0537. The SMILES string of the molecule is CC1(C(=O)ONC(=O)c2ccc(OC(F)F)cc2)CCCC1. The Morgan fingerprint density at radius 1 is 1.18 bits per heavy atom. The first-order valence-corrected chi connectivity index (χ1v) is 6.97. The molecule has 7 heteroatoms. The zero-order valence-corrected chi connectivity index (χ0v) is 12.1. The first-order valence-electron chi connectivity index (χ1n) is 6.97. The Bertz CT molecular complexity index is 539. The largest absolute Gasteiger partial charge is 0.435 e. The van der Waals surface area contributed by atoms with Gasteiger partial charge in [-0.15, -0.1) is 0 Å². The minimum Gasteiger partial charge on any atom is -0.435 e. The van der Waals surface area contributed by atoms with E-state index >= 15 is 0 Å². The number of halogens is 2. The van der Waals surface area contributed by atoms with Gasteiger partial charge in [-0.05, 0) is 44.0 Å². The second-order valence-corrected chi connectivity index (χ2v) is 5.49. The van der Waals surface area contributed by atoms with Gasteiger partial charge < -0.3 is 9.57 Å². The van der Waals surface area contributed by atoms with Crippen LogP contribution in [0.1, 0.15) is 43.0 Å². The molecule has 0 atom stereocenters. The highest BCUT2D eigenvalue weighted by Gasteiger charge is 2.38. The van der Waals surface area contributed by atoms with Gasteiger partial charge in [0.25, 0.3) is 5.91 Å². The van der Waals surface area contributed by atoms with Crippen LogP contribution in [-0.2, 0) is 9.63 Å². The first kappa shape index (κ1) is 16.2. The van der Waals surface area contributed by atoms with Crippen molar-refractivity contribution in [2.45, 2.75) is 39.2 Å². The quantitative estimate of drug-likeness (QED) is 0.868. The lowest BCUT2D eigenvalue weighted by Crippen LogP contribution is -2.34. The third kappa shape index (κ3) is 3.93. The number of hydroxylamine groups is 1. The molecule has 0 saturated heterocycles. The van der Waals surface area contributed by atoms with Gasteiger partial charge in [0.15, 0.2) is 0 Å². The highest BCUT2D eigenvalue weighted by Crippen LogP contribution is 2.38. The smallest absolute Gasteiger partial charge is 0.387 e. The molecule has 120 valence electrons. The number of hydrogen-bond donors (Lipinski definition) is 1. The Kier molecular flexibility index (Phi) is 4.95. The lowest BCUT2D eigenvalue weighted by Gasteiger charge is -2.20. The Labute approximate surface area is 126 Å². The second-order valence-electron chi connectivity index (χ2n) is 5.49. The van der Waals surface area contributed by atoms with Gasteiger partial charge in [0.2, 0.25) is 0 Å². The van der Waals surface area contributed by atoms with Gasteiger partial charge in [0.05, 0.1) is 5.41 Å². The number of carbonyl (C=O) groups excluding carboxylic acids is 2. The van der Waals surface area contributed by atoms with Crippen LogP contribution in [0.3, 0.4) is 0 Å². The topological polar surface area (TPSA) is 64.6 Å². The number of hydrogen-bond acceptors (Lipinski definition) is 4. The van der Waals surface area contributed by atoms with Crippen molar-refractivity contribution in [3.8, 4) is 5.75 Å². The van der Waals surface area contributed by atoms with E-state index < -0.39 is 23.9 Å². The lowest BCUT2D eigenvalue weighted by atomic mass is 9.89. The highest BCUT2D eigenvalue weighted by molar-refractivity contribution is 5.94. The molecule has 0 unspecified atom stereocenters. The van der Waals surface area contributed by atoms with Gasteiger partial charge in [0, 0.05) is 5.56 Å². The van der Waals surface area contributed by atoms with E-state index in [1.807, 2.05) is 6.92 Å². The van der Waals surface area contributed by atoms with Crippen molar-refractivity contribution in [3.63, 3.8) is 0 Å². The van der Waals surface area contributed by atoms with Gasteiger partial charge in [-0.1, -0.05) is 12.8 Å². The van der Waals surface area contributed by atoms with Crippen molar-refractivity contribution in [3.05, 3.63) is 29.8 Å². The predicted octanol–water partition coefficient (Wildman–Crippen LogP) is 3.06. The summed E-state index contributed by atoms with van der Waals surface area (Å²) in [6, 6.07) is 5.08. The van der Waals surface area contributed by atoms with Gasteiger partial charge in [0.1, 0.15) is 5.75 Å². The Hall–Kier alpha value is -2.18. The normalized spacial score (nSPS) is 16.4. The number of nitrogens with one attached hydrogen (secondary N) is 1. The molecule has 1 aromatic carbocycles. The average molecular weight is 313 g/mol. The van der Waals surface area contributed by atoms with Crippen molar-refractivity contribution in [2.24, 2.45) is 5.41 Å².